The second-order valence-electron chi connectivity index (χ2n) is 5.55. The molecule has 0 bridgehead atoms. The molecule has 4 atom stereocenters. The molecule has 0 aliphatic heterocycles. The zero-order valence-corrected chi connectivity index (χ0v) is 11.9. The average molecular weight is 241 g/mol. The Labute approximate surface area is 106 Å². The third kappa shape index (κ3) is 3.44. The maximum absolute atomic E-state index is 11.6. The standard InChI is InChI=1S/C14H27NO2/c1-10-8-6-7-9-13(10)15(4)12(3)11(2)14(16)17-5/h10-13H,6-9H2,1-5H3. The van der Waals surface area contributed by atoms with Crippen molar-refractivity contribution >= 4 is 5.97 Å². The molecule has 0 heterocycles. The fourth-order valence-corrected chi connectivity index (χ4v) is 2.94. The number of rotatable bonds is 4. The van der Waals surface area contributed by atoms with E-state index in [2.05, 4.69) is 25.8 Å². The van der Waals surface area contributed by atoms with Gasteiger partial charge in [-0.2, -0.15) is 0 Å². The number of hydrogen-bond donors (Lipinski definition) is 0. The zero-order chi connectivity index (χ0) is 13.0. The first-order valence-corrected chi connectivity index (χ1v) is 6.78. The van der Waals surface area contributed by atoms with Gasteiger partial charge in [0.1, 0.15) is 0 Å². The van der Waals surface area contributed by atoms with Crippen LogP contribution in [0.1, 0.15) is 46.5 Å². The van der Waals surface area contributed by atoms with Crippen LogP contribution >= 0.6 is 0 Å². The summed E-state index contributed by atoms with van der Waals surface area (Å²) in [7, 11) is 3.62. The van der Waals surface area contributed by atoms with Crippen LogP contribution in [-0.2, 0) is 9.53 Å². The summed E-state index contributed by atoms with van der Waals surface area (Å²) in [4.78, 5) is 14.0. The van der Waals surface area contributed by atoms with Crippen molar-refractivity contribution in [1.29, 1.82) is 0 Å². The van der Waals surface area contributed by atoms with E-state index < -0.39 is 0 Å². The number of nitrogens with zero attached hydrogens (tertiary/aromatic N) is 1. The maximum Gasteiger partial charge on any atom is 0.309 e. The normalized spacial score (nSPS) is 28.8. The largest absolute Gasteiger partial charge is 0.469 e. The van der Waals surface area contributed by atoms with Crippen molar-refractivity contribution in [1.82, 2.24) is 4.90 Å². The van der Waals surface area contributed by atoms with Gasteiger partial charge in [0.2, 0.25) is 0 Å². The van der Waals surface area contributed by atoms with E-state index in [1.54, 1.807) is 0 Å². The SMILES string of the molecule is COC(=O)C(C)C(C)N(C)C1CCCCC1C. The van der Waals surface area contributed by atoms with Crippen LogP contribution in [0, 0.1) is 11.8 Å². The minimum absolute atomic E-state index is 0.0564. The molecule has 0 aromatic heterocycles. The van der Waals surface area contributed by atoms with E-state index in [1.807, 2.05) is 6.92 Å². The van der Waals surface area contributed by atoms with E-state index in [-0.39, 0.29) is 17.9 Å². The first kappa shape index (κ1) is 14.5. The number of esters is 1. The monoisotopic (exact) mass is 241 g/mol. The van der Waals surface area contributed by atoms with Crippen LogP contribution < -0.4 is 0 Å². The van der Waals surface area contributed by atoms with Crippen molar-refractivity contribution in [2.45, 2.75) is 58.5 Å². The number of carbonyl (C=O) groups is 1. The van der Waals surface area contributed by atoms with Gasteiger partial charge in [0.15, 0.2) is 0 Å². The van der Waals surface area contributed by atoms with Gasteiger partial charge in [0.25, 0.3) is 0 Å². The lowest BCUT2D eigenvalue weighted by Gasteiger charge is -2.41. The van der Waals surface area contributed by atoms with Crippen molar-refractivity contribution < 1.29 is 9.53 Å². The fraction of sp³-hybridized carbons (Fsp3) is 0.929. The highest BCUT2D eigenvalue weighted by Gasteiger charge is 2.32. The van der Waals surface area contributed by atoms with E-state index in [0.717, 1.165) is 5.92 Å². The van der Waals surface area contributed by atoms with E-state index >= 15 is 0 Å². The smallest absolute Gasteiger partial charge is 0.309 e. The van der Waals surface area contributed by atoms with Crippen molar-refractivity contribution in [2.75, 3.05) is 14.2 Å². The molecule has 3 heteroatoms. The molecule has 17 heavy (non-hydrogen) atoms. The summed E-state index contributed by atoms with van der Waals surface area (Å²) in [5.74, 6) is 0.577. The molecule has 0 spiro atoms. The van der Waals surface area contributed by atoms with Crippen LogP contribution in [0.2, 0.25) is 0 Å². The molecule has 1 aliphatic carbocycles. The van der Waals surface area contributed by atoms with Gasteiger partial charge in [-0.3, -0.25) is 9.69 Å². The summed E-state index contributed by atoms with van der Waals surface area (Å²) in [6.07, 6.45) is 5.25. The molecular weight excluding hydrogens is 214 g/mol. The quantitative estimate of drug-likeness (QED) is 0.709. The fourth-order valence-electron chi connectivity index (χ4n) is 2.94. The predicted molar refractivity (Wildman–Crippen MR) is 69.8 cm³/mol. The minimum atomic E-state index is -0.104. The number of ether oxygens (including phenoxy) is 1. The topological polar surface area (TPSA) is 29.5 Å². The summed E-state index contributed by atoms with van der Waals surface area (Å²) < 4.78 is 4.83. The van der Waals surface area contributed by atoms with Crippen LogP contribution in [0.25, 0.3) is 0 Å². The molecule has 1 rings (SSSR count). The van der Waals surface area contributed by atoms with Crippen molar-refractivity contribution in [3.63, 3.8) is 0 Å². The zero-order valence-electron chi connectivity index (χ0n) is 11.9. The van der Waals surface area contributed by atoms with Crippen molar-refractivity contribution in [3.8, 4) is 0 Å². The number of carbonyl (C=O) groups excluding carboxylic acids is 1. The van der Waals surface area contributed by atoms with Gasteiger partial charge >= 0.3 is 5.97 Å². The lowest BCUT2D eigenvalue weighted by atomic mass is 9.84. The van der Waals surface area contributed by atoms with Gasteiger partial charge in [0.05, 0.1) is 13.0 Å². The molecule has 100 valence electrons. The van der Waals surface area contributed by atoms with Crippen LogP contribution in [-0.4, -0.2) is 37.1 Å². The highest BCUT2D eigenvalue weighted by Crippen LogP contribution is 2.29. The molecule has 1 saturated carbocycles. The number of methoxy groups -OCH3 is 1. The van der Waals surface area contributed by atoms with E-state index in [1.165, 1.54) is 32.8 Å². The molecule has 1 fully saturated rings. The van der Waals surface area contributed by atoms with Crippen LogP contribution in [0.15, 0.2) is 0 Å². The summed E-state index contributed by atoms with van der Waals surface area (Å²) in [6.45, 7) is 6.42. The Morgan fingerprint density at radius 1 is 1.29 bits per heavy atom. The molecule has 0 radical (unpaired) electrons. The summed E-state index contributed by atoms with van der Waals surface area (Å²) in [5.41, 5.74) is 0. The summed E-state index contributed by atoms with van der Waals surface area (Å²) in [5, 5.41) is 0. The van der Waals surface area contributed by atoms with E-state index in [0.29, 0.717) is 6.04 Å². The molecule has 0 N–H and O–H groups in total. The van der Waals surface area contributed by atoms with E-state index in [9.17, 15) is 4.79 Å². The summed E-state index contributed by atoms with van der Waals surface area (Å²) >= 11 is 0. The predicted octanol–water partition coefficient (Wildman–Crippen LogP) is 2.69. The first-order valence-electron chi connectivity index (χ1n) is 6.78. The lowest BCUT2D eigenvalue weighted by molar-refractivity contribution is -0.147. The third-order valence-corrected chi connectivity index (χ3v) is 4.53. The highest BCUT2D eigenvalue weighted by atomic mass is 16.5. The second kappa shape index (κ2) is 6.39. The Morgan fingerprint density at radius 2 is 1.88 bits per heavy atom. The van der Waals surface area contributed by atoms with Gasteiger partial charge in [0, 0.05) is 12.1 Å². The first-order chi connectivity index (χ1) is 7.99. The molecule has 0 amide bonds. The lowest BCUT2D eigenvalue weighted by Crippen LogP contribution is -2.47. The molecule has 0 aromatic carbocycles. The van der Waals surface area contributed by atoms with Gasteiger partial charge in [-0.05, 0) is 32.7 Å². The Morgan fingerprint density at radius 3 is 2.41 bits per heavy atom. The highest BCUT2D eigenvalue weighted by molar-refractivity contribution is 5.72. The Hall–Kier alpha value is -0.570. The average Bonchev–Trinajstić information content (AvgIpc) is 2.35. The molecule has 3 nitrogen and oxygen atoms in total. The van der Waals surface area contributed by atoms with Gasteiger partial charge in [-0.15, -0.1) is 0 Å². The molecule has 1 aliphatic rings. The van der Waals surface area contributed by atoms with Crippen molar-refractivity contribution in [2.24, 2.45) is 11.8 Å². The van der Waals surface area contributed by atoms with Gasteiger partial charge < -0.3 is 4.74 Å². The Bertz CT molecular complexity index is 255. The van der Waals surface area contributed by atoms with Gasteiger partial charge in [-0.25, -0.2) is 0 Å². The van der Waals surface area contributed by atoms with Crippen LogP contribution in [0.5, 0.6) is 0 Å². The summed E-state index contributed by atoms with van der Waals surface area (Å²) in [6, 6.07) is 0.860. The van der Waals surface area contributed by atoms with Gasteiger partial charge in [-0.1, -0.05) is 26.7 Å². The van der Waals surface area contributed by atoms with Crippen molar-refractivity contribution in [3.05, 3.63) is 0 Å². The molecule has 0 saturated heterocycles. The maximum atomic E-state index is 11.6. The van der Waals surface area contributed by atoms with E-state index in [4.69, 9.17) is 4.74 Å². The van der Waals surface area contributed by atoms with Crippen LogP contribution in [0.3, 0.4) is 0 Å². The Kier molecular flexibility index (Phi) is 5.44. The molecule has 0 aromatic rings. The minimum Gasteiger partial charge on any atom is -0.469 e. The second-order valence-corrected chi connectivity index (χ2v) is 5.55. The Balaban J connectivity index is 2.61. The third-order valence-electron chi connectivity index (χ3n) is 4.53. The van der Waals surface area contributed by atoms with Crippen LogP contribution in [0.4, 0.5) is 0 Å². The molecule has 4 unspecified atom stereocenters. The number of hydrogen-bond acceptors (Lipinski definition) is 3. The molecular formula is C14H27NO2.